The minimum Gasteiger partial charge on any atom is -0.382 e. The summed E-state index contributed by atoms with van der Waals surface area (Å²) in [5, 5.41) is 4.10. The number of nitrogen functional groups attached to an aromatic ring is 1. The Labute approximate surface area is 174 Å². The molecule has 0 unspecified atom stereocenters. The van der Waals surface area contributed by atoms with Crippen LogP contribution in [0.5, 0.6) is 0 Å². The average molecular weight is 403 g/mol. The minimum absolute atomic E-state index is 0.104. The van der Waals surface area contributed by atoms with Crippen LogP contribution in [0, 0.1) is 5.92 Å². The number of fused-ring (bicyclic) bond motifs is 2. The van der Waals surface area contributed by atoms with Gasteiger partial charge in [-0.25, -0.2) is 9.97 Å². The molecule has 4 aromatic rings. The summed E-state index contributed by atoms with van der Waals surface area (Å²) in [6, 6.07) is 10.3. The van der Waals surface area contributed by atoms with Crippen molar-refractivity contribution in [2.45, 2.75) is 38.5 Å². The Morgan fingerprint density at radius 1 is 1.27 bits per heavy atom. The van der Waals surface area contributed by atoms with E-state index in [1.165, 1.54) is 0 Å². The Morgan fingerprint density at radius 2 is 2.07 bits per heavy atom. The molecule has 7 nitrogen and oxygen atoms in total. The lowest BCUT2D eigenvalue weighted by Crippen LogP contribution is -2.32. The first-order valence-corrected chi connectivity index (χ1v) is 10.6. The van der Waals surface area contributed by atoms with Gasteiger partial charge in [0.05, 0.1) is 5.69 Å². The van der Waals surface area contributed by atoms with Gasteiger partial charge < -0.3 is 16.0 Å². The highest BCUT2D eigenvalue weighted by Crippen LogP contribution is 2.38. The Hall–Kier alpha value is -3.35. The maximum atomic E-state index is 12.2. The number of hydrogen-bond acceptors (Lipinski definition) is 4. The number of rotatable bonds is 4. The van der Waals surface area contributed by atoms with Crippen LogP contribution in [-0.2, 0) is 4.79 Å². The number of imidazole rings is 1. The van der Waals surface area contributed by atoms with E-state index in [1.54, 1.807) is 6.20 Å². The molecule has 0 aliphatic heterocycles. The number of anilines is 1. The number of para-hydroxylation sites is 1. The first-order chi connectivity index (χ1) is 14.7. The van der Waals surface area contributed by atoms with Gasteiger partial charge in [-0.05, 0) is 44.7 Å². The van der Waals surface area contributed by atoms with E-state index >= 15 is 0 Å². The average Bonchev–Trinajstić information content (AvgIpc) is 3.36. The third-order valence-corrected chi connectivity index (χ3v) is 6.21. The normalized spacial score (nSPS) is 19.4. The molecule has 1 aromatic carbocycles. The fourth-order valence-electron chi connectivity index (χ4n) is 4.70. The van der Waals surface area contributed by atoms with Crippen molar-refractivity contribution in [2.75, 3.05) is 12.3 Å². The second-order valence-corrected chi connectivity index (χ2v) is 8.06. The number of amides is 1. The van der Waals surface area contributed by atoms with Crippen molar-refractivity contribution in [1.82, 2.24) is 24.7 Å². The molecule has 7 heteroatoms. The van der Waals surface area contributed by atoms with Crippen molar-refractivity contribution in [2.24, 2.45) is 5.92 Å². The van der Waals surface area contributed by atoms with Gasteiger partial charge in [0.25, 0.3) is 0 Å². The SMILES string of the molecule is CCNC(=O)[C@H]1CC[C@H](c2nc(-c3cc4ccccc4[nH]3)c3c(N)nccn32)CC1. The Bertz CT molecular complexity index is 1180. The second kappa shape index (κ2) is 7.48. The van der Waals surface area contributed by atoms with Crippen molar-refractivity contribution >= 4 is 28.1 Å². The molecule has 154 valence electrons. The van der Waals surface area contributed by atoms with Crippen molar-refractivity contribution in [1.29, 1.82) is 0 Å². The molecule has 1 aliphatic carbocycles. The molecular formula is C23H26N6O. The van der Waals surface area contributed by atoms with Crippen LogP contribution in [-0.4, -0.2) is 31.8 Å². The van der Waals surface area contributed by atoms with E-state index in [1.807, 2.05) is 25.3 Å². The van der Waals surface area contributed by atoms with Gasteiger partial charge in [-0.15, -0.1) is 0 Å². The van der Waals surface area contributed by atoms with Crippen molar-refractivity contribution < 1.29 is 4.79 Å². The first-order valence-electron chi connectivity index (χ1n) is 10.6. The Balaban J connectivity index is 1.53. The number of carbonyl (C=O) groups is 1. The number of nitrogens with two attached hydrogens (primary N) is 1. The van der Waals surface area contributed by atoms with E-state index in [0.717, 1.165) is 59.3 Å². The van der Waals surface area contributed by atoms with Crippen LogP contribution in [0.2, 0.25) is 0 Å². The third kappa shape index (κ3) is 3.10. The summed E-state index contributed by atoms with van der Waals surface area (Å²) in [5.41, 5.74) is 9.97. The van der Waals surface area contributed by atoms with Crippen LogP contribution >= 0.6 is 0 Å². The molecule has 0 radical (unpaired) electrons. The van der Waals surface area contributed by atoms with Crippen LogP contribution in [0.1, 0.15) is 44.3 Å². The van der Waals surface area contributed by atoms with Crippen molar-refractivity contribution in [3.8, 4) is 11.4 Å². The first kappa shape index (κ1) is 18.7. The van der Waals surface area contributed by atoms with Gasteiger partial charge in [-0.1, -0.05) is 18.2 Å². The Kier molecular flexibility index (Phi) is 4.65. The Morgan fingerprint density at radius 3 is 2.83 bits per heavy atom. The lowest BCUT2D eigenvalue weighted by molar-refractivity contribution is -0.125. The van der Waals surface area contributed by atoms with Gasteiger partial charge in [0, 0.05) is 41.7 Å². The minimum atomic E-state index is 0.104. The van der Waals surface area contributed by atoms with Gasteiger partial charge >= 0.3 is 0 Å². The summed E-state index contributed by atoms with van der Waals surface area (Å²) in [7, 11) is 0. The summed E-state index contributed by atoms with van der Waals surface area (Å²) in [6.45, 7) is 2.65. The molecule has 5 rings (SSSR count). The van der Waals surface area contributed by atoms with E-state index in [4.69, 9.17) is 10.7 Å². The molecule has 1 amide bonds. The standard InChI is InChI=1S/C23H26N6O/c1-2-25-23(30)15-9-7-14(8-10-15)22-28-19(20-21(24)26-11-12-29(20)22)18-13-16-5-3-4-6-17(16)27-18/h3-6,11-15,27H,2,7-10H2,1H3,(H2,24,26)(H,25,30)/t14-,15-. The van der Waals surface area contributed by atoms with E-state index in [-0.39, 0.29) is 11.8 Å². The number of H-pyrrole nitrogens is 1. The lowest BCUT2D eigenvalue weighted by atomic mass is 9.81. The number of carbonyl (C=O) groups excluding carboxylic acids is 1. The molecule has 1 fully saturated rings. The molecule has 0 saturated heterocycles. The fourth-order valence-corrected chi connectivity index (χ4v) is 4.70. The number of aromatic nitrogens is 4. The topological polar surface area (TPSA) is 101 Å². The molecular weight excluding hydrogens is 376 g/mol. The third-order valence-electron chi connectivity index (χ3n) is 6.21. The molecule has 4 N–H and O–H groups in total. The summed E-state index contributed by atoms with van der Waals surface area (Å²) >= 11 is 0. The van der Waals surface area contributed by atoms with E-state index in [2.05, 4.69) is 37.9 Å². The quantitative estimate of drug-likeness (QED) is 0.482. The van der Waals surface area contributed by atoms with Crippen LogP contribution in [0.3, 0.4) is 0 Å². The highest BCUT2D eigenvalue weighted by Gasteiger charge is 2.30. The smallest absolute Gasteiger partial charge is 0.223 e. The highest BCUT2D eigenvalue weighted by atomic mass is 16.1. The second-order valence-electron chi connectivity index (χ2n) is 8.06. The van der Waals surface area contributed by atoms with Crippen LogP contribution < -0.4 is 11.1 Å². The zero-order valence-electron chi connectivity index (χ0n) is 17.1. The monoisotopic (exact) mass is 402 g/mol. The van der Waals surface area contributed by atoms with Crippen LogP contribution in [0.25, 0.3) is 27.8 Å². The molecule has 0 atom stereocenters. The molecule has 1 aliphatic rings. The summed E-state index contributed by atoms with van der Waals surface area (Å²) in [5.74, 6) is 2.05. The van der Waals surface area contributed by atoms with Crippen molar-refractivity contribution in [3.05, 3.63) is 48.5 Å². The van der Waals surface area contributed by atoms with E-state index in [0.29, 0.717) is 18.3 Å². The molecule has 1 saturated carbocycles. The number of hydrogen-bond donors (Lipinski definition) is 3. The number of nitrogens with zero attached hydrogens (tertiary/aromatic N) is 3. The lowest BCUT2D eigenvalue weighted by Gasteiger charge is -2.27. The maximum Gasteiger partial charge on any atom is 0.223 e. The number of nitrogens with one attached hydrogen (secondary N) is 2. The molecule has 30 heavy (non-hydrogen) atoms. The van der Waals surface area contributed by atoms with Gasteiger partial charge in [0.15, 0.2) is 0 Å². The van der Waals surface area contributed by atoms with Gasteiger partial charge in [0.1, 0.15) is 22.9 Å². The largest absolute Gasteiger partial charge is 0.382 e. The summed E-state index contributed by atoms with van der Waals surface area (Å²) in [6.07, 6.45) is 7.31. The van der Waals surface area contributed by atoms with Gasteiger partial charge in [-0.3, -0.25) is 9.20 Å². The fraction of sp³-hybridized carbons (Fsp3) is 0.348. The van der Waals surface area contributed by atoms with Crippen LogP contribution in [0.15, 0.2) is 42.7 Å². The van der Waals surface area contributed by atoms with E-state index < -0.39 is 0 Å². The molecule has 3 aromatic heterocycles. The zero-order valence-corrected chi connectivity index (χ0v) is 17.1. The van der Waals surface area contributed by atoms with Crippen LogP contribution in [0.4, 0.5) is 5.82 Å². The zero-order chi connectivity index (χ0) is 20.7. The van der Waals surface area contributed by atoms with Gasteiger partial charge in [-0.2, -0.15) is 0 Å². The molecule has 0 spiro atoms. The van der Waals surface area contributed by atoms with E-state index in [9.17, 15) is 4.79 Å². The summed E-state index contributed by atoms with van der Waals surface area (Å²) in [4.78, 5) is 25.1. The maximum absolute atomic E-state index is 12.2. The van der Waals surface area contributed by atoms with Gasteiger partial charge in [0.2, 0.25) is 5.91 Å². The number of benzene rings is 1. The molecule has 0 bridgehead atoms. The number of aromatic amines is 1. The molecule has 3 heterocycles. The predicted molar refractivity (Wildman–Crippen MR) is 118 cm³/mol. The predicted octanol–water partition coefficient (Wildman–Crippen LogP) is 3.87. The highest BCUT2D eigenvalue weighted by molar-refractivity contribution is 5.91. The van der Waals surface area contributed by atoms with Crippen molar-refractivity contribution in [3.63, 3.8) is 0 Å². The summed E-state index contributed by atoms with van der Waals surface area (Å²) < 4.78 is 2.08.